The summed E-state index contributed by atoms with van der Waals surface area (Å²) in [7, 11) is 0. The molecule has 0 unspecified atom stereocenters. The monoisotopic (exact) mass is 391 g/mol. The quantitative estimate of drug-likeness (QED) is 0.515. The largest absolute Gasteiger partial charge is 0.272 e. The van der Waals surface area contributed by atoms with Crippen LogP contribution in [-0.2, 0) is 0 Å². The van der Waals surface area contributed by atoms with Crippen molar-refractivity contribution in [1.82, 2.24) is 15.8 Å². The van der Waals surface area contributed by atoms with E-state index in [-0.39, 0.29) is 5.56 Å². The molecular weight excluding hydrogens is 377 g/mol. The van der Waals surface area contributed by atoms with Gasteiger partial charge >= 0.3 is 0 Å². The van der Waals surface area contributed by atoms with Gasteiger partial charge in [0, 0.05) is 5.39 Å². The molecule has 0 aliphatic carbocycles. The minimum absolute atomic E-state index is 0.151. The van der Waals surface area contributed by atoms with Crippen LogP contribution in [0.3, 0.4) is 0 Å². The lowest BCUT2D eigenvalue weighted by Gasteiger charge is -2.11. The van der Waals surface area contributed by atoms with Gasteiger partial charge in [0.15, 0.2) is 0 Å². The van der Waals surface area contributed by atoms with E-state index in [4.69, 9.17) is 0 Å². The maximum absolute atomic E-state index is 13.7. The molecule has 0 aliphatic heterocycles. The van der Waals surface area contributed by atoms with Crippen molar-refractivity contribution in [3.05, 3.63) is 89.1 Å². The average Bonchev–Trinajstić information content (AvgIpc) is 3.26. The number of carbonyl (C=O) groups is 2. The number of benzene rings is 2. The van der Waals surface area contributed by atoms with E-state index in [2.05, 4.69) is 15.8 Å². The Bertz CT molecular complexity index is 1180. The molecule has 5 nitrogen and oxygen atoms in total. The lowest BCUT2D eigenvalue weighted by molar-refractivity contribution is 0.0845. The third-order valence-corrected chi connectivity index (χ3v) is 5.03. The van der Waals surface area contributed by atoms with Crippen molar-refractivity contribution >= 4 is 34.1 Å². The van der Waals surface area contributed by atoms with Gasteiger partial charge in [-0.1, -0.05) is 36.4 Å². The average molecular weight is 391 g/mol. The Morgan fingerprint density at radius 1 is 0.857 bits per heavy atom. The van der Waals surface area contributed by atoms with Crippen molar-refractivity contribution in [2.75, 3.05) is 0 Å². The standard InChI is InChI=1S/C21H14FN3O2S/c22-16-8-3-1-7-14(16)20(26)24-25-21(27)15-12-18(19-10-5-11-28-19)23-17-9-4-2-6-13(15)17/h1-12H,(H,24,26)(H,25,27). The molecule has 2 aromatic carbocycles. The van der Waals surface area contributed by atoms with Gasteiger partial charge in [0.25, 0.3) is 11.8 Å². The molecule has 0 radical (unpaired) electrons. The van der Waals surface area contributed by atoms with Gasteiger partial charge in [0.1, 0.15) is 5.82 Å². The molecule has 0 saturated carbocycles. The van der Waals surface area contributed by atoms with Crippen LogP contribution in [0.25, 0.3) is 21.5 Å². The minimum atomic E-state index is -0.733. The second kappa shape index (κ2) is 7.58. The van der Waals surface area contributed by atoms with E-state index < -0.39 is 17.6 Å². The fourth-order valence-electron chi connectivity index (χ4n) is 2.81. The molecule has 2 heterocycles. The summed E-state index contributed by atoms with van der Waals surface area (Å²) in [4.78, 5) is 30.4. The van der Waals surface area contributed by atoms with Crippen molar-refractivity contribution < 1.29 is 14.0 Å². The van der Waals surface area contributed by atoms with E-state index in [9.17, 15) is 14.0 Å². The SMILES string of the molecule is O=C(NNC(=O)c1cc(-c2cccs2)nc2ccccc12)c1ccccc1F. The normalized spacial score (nSPS) is 10.6. The number of fused-ring (bicyclic) bond motifs is 1. The topological polar surface area (TPSA) is 71.1 Å². The van der Waals surface area contributed by atoms with Gasteiger partial charge in [-0.15, -0.1) is 11.3 Å². The van der Waals surface area contributed by atoms with E-state index in [0.717, 1.165) is 4.88 Å². The van der Waals surface area contributed by atoms with E-state index in [1.54, 1.807) is 18.2 Å². The molecule has 4 rings (SSSR count). The summed E-state index contributed by atoms with van der Waals surface area (Å²) in [5.74, 6) is -1.91. The van der Waals surface area contributed by atoms with Gasteiger partial charge in [0.2, 0.25) is 0 Å². The number of pyridine rings is 1. The van der Waals surface area contributed by atoms with E-state index in [0.29, 0.717) is 22.2 Å². The first kappa shape index (κ1) is 17.8. The van der Waals surface area contributed by atoms with Crippen LogP contribution in [0, 0.1) is 5.82 Å². The van der Waals surface area contributed by atoms with Crippen LogP contribution in [0.2, 0.25) is 0 Å². The summed E-state index contributed by atoms with van der Waals surface area (Å²) < 4.78 is 13.7. The summed E-state index contributed by atoms with van der Waals surface area (Å²) in [6.45, 7) is 0. The summed E-state index contributed by atoms with van der Waals surface area (Å²) in [5, 5.41) is 2.58. The summed E-state index contributed by atoms with van der Waals surface area (Å²) in [6, 6.07) is 18.3. The smallest absolute Gasteiger partial charge is 0.267 e. The highest BCUT2D eigenvalue weighted by molar-refractivity contribution is 7.13. The Kier molecular flexibility index (Phi) is 4.82. The third-order valence-electron chi connectivity index (χ3n) is 4.14. The number of rotatable bonds is 3. The van der Waals surface area contributed by atoms with Gasteiger partial charge in [-0.05, 0) is 35.7 Å². The zero-order valence-electron chi connectivity index (χ0n) is 14.5. The predicted molar refractivity (Wildman–Crippen MR) is 106 cm³/mol. The van der Waals surface area contributed by atoms with Gasteiger partial charge in [-0.2, -0.15) is 0 Å². The Balaban J connectivity index is 1.63. The van der Waals surface area contributed by atoms with Gasteiger partial charge in [0.05, 0.1) is 27.2 Å². The van der Waals surface area contributed by atoms with Crippen LogP contribution < -0.4 is 10.9 Å². The zero-order chi connectivity index (χ0) is 19.5. The van der Waals surface area contributed by atoms with Crippen LogP contribution in [0.4, 0.5) is 4.39 Å². The van der Waals surface area contributed by atoms with Crippen LogP contribution >= 0.6 is 11.3 Å². The number of hydrazine groups is 1. The highest BCUT2D eigenvalue weighted by Gasteiger charge is 2.16. The number of carbonyl (C=O) groups excluding carboxylic acids is 2. The number of halogens is 1. The molecular formula is C21H14FN3O2S. The first-order chi connectivity index (χ1) is 13.6. The molecule has 2 N–H and O–H groups in total. The van der Waals surface area contributed by atoms with Crippen molar-refractivity contribution in [2.45, 2.75) is 0 Å². The molecule has 28 heavy (non-hydrogen) atoms. The number of aromatic nitrogens is 1. The van der Waals surface area contributed by atoms with Crippen molar-refractivity contribution in [3.63, 3.8) is 0 Å². The molecule has 0 saturated heterocycles. The van der Waals surface area contributed by atoms with Crippen LogP contribution in [0.5, 0.6) is 0 Å². The molecule has 7 heteroatoms. The number of hydrogen-bond donors (Lipinski definition) is 2. The van der Waals surface area contributed by atoms with Gasteiger partial charge in [-0.3, -0.25) is 20.4 Å². The minimum Gasteiger partial charge on any atom is -0.267 e. The molecule has 4 aromatic rings. The maximum atomic E-state index is 13.7. The molecule has 0 bridgehead atoms. The van der Waals surface area contributed by atoms with E-state index in [1.165, 1.54) is 29.5 Å². The summed E-state index contributed by atoms with van der Waals surface area (Å²) in [5.41, 5.74) is 6.16. The van der Waals surface area contributed by atoms with Crippen LogP contribution in [-0.4, -0.2) is 16.8 Å². The van der Waals surface area contributed by atoms with Crippen molar-refractivity contribution in [1.29, 1.82) is 0 Å². The molecule has 2 aromatic heterocycles. The third kappa shape index (κ3) is 3.47. The fraction of sp³-hybridized carbons (Fsp3) is 0. The number of para-hydroxylation sites is 1. The van der Waals surface area contributed by atoms with Gasteiger partial charge < -0.3 is 0 Å². The molecule has 0 spiro atoms. The zero-order valence-corrected chi connectivity index (χ0v) is 15.3. The number of thiophene rings is 1. The van der Waals surface area contributed by atoms with Gasteiger partial charge in [-0.25, -0.2) is 9.37 Å². The lowest BCUT2D eigenvalue weighted by atomic mass is 10.1. The molecule has 0 aliphatic rings. The lowest BCUT2D eigenvalue weighted by Crippen LogP contribution is -2.42. The fourth-order valence-corrected chi connectivity index (χ4v) is 3.49. The van der Waals surface area contributed by atoms with Crippen LogP contribution in [0.1, 0.15) is 20.7 Å². The Hall–Kier alpha value is -3.58. The number of hydrogen-bond acceptors (Lipinski definition) is 4. The summed E-state index contributed by atoms with van der Waals surface area (Å²) in [6.07, 6.45) is 0. The molecule has 2 amide bonds. The number of nitrogens with one attached hydrogen (secondary N) is 2. The molecule has 138 valence electrons. The first-order valence-electron chi connectivity index (χ1n) is 8.42. The van der Waals surface area contributed by atoms with Crippen molar-refractivity contribution in [3.8, 4) is 10.6 Å². The molecule has 0 fully saturated rings. The predicted octanol–water partition coefficient (Wildman–Crippen LogP) is 4.18. The number of amides is 2. The van der Waals surface area contributed by atoms with E-state index >= 15 is 0 Å². The Morgan fingerprint density at radius 2 is 1.57 bits per heavy atom. The second-order valence-electron chi connectivity index (χ2n) is 5.94. The maximum Gasteiger partial charge on any atom is 0.272 e. The molecule has 0 atom stereocenters. The Labute approximate surface area is 163 Å². The van der Waals surface area contributed by atoms with E-state index in [1.807, 2.05) is 35.7 Å². The second-order valence-corrected chi connectivity index (χ2v) is 6.89. The Morgan fingerprint density at radius 3 is 2.32 bits per heavy atom. The first-order valence-corrected chi connectivity index (χ1v) is 9.30. The highest BCUT2D eigenvalue weighted by atomic mass is 32.1. The number of nitrogens with zero attached hydrogens (tertiary/aromatic N) is 1. The van der Waals surface area contributed by atoms with Crippen molar-refractivity contribution in [2.24, 2.45) is 0 Å². The highest BCUT2D eigenvalue weighted by Crippen LogP contribution is 2.27. The summed E-state index contributed by atoms with van der Waals surface area (Å²) >= 11 is 1.52. The van der Waals surface area contributed by atoms with Crippen LogP contribution in [0.15, 0.2) is 72.1 Å².